The van der Waals surface area contributed by atoms with Crippen LogP contribution >= 0.6 is 0 Å². The molecule has 0 fully saturated rings. The Morgan fingerprint density at radius 2 is 2.33 bits per heavy atom. The molecule has 0 saturated heterocycles. The van der Waals surface area contributed by atoms with Gasteiger partial charge in [0.2, 0.25) is 0 Å². The zero-order valence-corrected chi connectivity index (χ0v) is 7.37. The van der Waals surface area contributed by atoms with E-state index in [9.17, 15) is 0 Å². The van der Waals surface area contributed by atoms with E-state index in [2.05, 4.69) is 19.2 Å². The van der Waals surface area contributed by atoms with Gasteiger partial charge < -0.3 is 9.73 Å². The molecule has 0 saturated carbocycles. The number of rotatable bonds is 1. The average molecular weight is 163 g/mol. The van der Waals surface area contributed by atoms with Crippen molar-refractivity contribution in [2.45, 2.75) is 19.9 Å². The van der Waals surface area contributed by atoms with Crippen LogP contribution in [-0.2, 0) is 0 Å². The van der Waals surface area contributed by atoms with Gasteiger partial charge in [0.05, 0.1) is 12.3 Å². The van der Waals surface area contributed by atoms with Gasteiger partial charge >= 0.3 is 0 Å². The summed E-state index contributed by atoms with van der Waals surface area (Å²) in [7, 11) is 0. The summed E-state index contributed by atoms with van der Waals surface area (Å²) in [4.78, 5) is 0. The number of fused-ring (bicyclic) bond motifs is 1. The average Bonchev–Trinajstić information content (AvgIpc) is 2.49. The summed E-state index contributed by atoms with van der Waals surface area (Å²) in [5.74, 6) is 1.62. The molecule has 1 aromatic heterocycles. The van der Waals surface area contributed by atoms with E-state index in [-0.39, 0.29) is 0 Å². The topological polar surface area (TPSA) is 25.2 Å². The van der Waals surface area contributed by atoms with Crippen LogP contribution in [-0.4, -0.2) is 0 Å². The lowest BCUT2D eigenvalue weighted by Crippen LogP contribution is -2.23. The molecule has 2 nitrogen and oxygen atoms in total. The molecule has 64 valence electrons. The van der Waals surface area contributed by atoms with Crippen molar-refractivity contribution in [3.05, 3.63) is 29.9 Å². The van der Waals surface area contributed by atoms with E-state index in [1.807, 2.05) is 18.3 Å². The lowest BCUT2D eigenvalue weighted by Gasteiger charge is -2.22. The number of hydrogen-bond donors (Lipinski definition) is 1. The van der Waals surface area contributed by atoms with Gasteiger partial charge in [-0.05, 0) is 24.3 Å². The largest absolute Gasteiger partial charge is 0.467 e. The predicted octanol–water partition coefficient (Wildman–Crippen LogP) is 2.55. The van der Waals surface area contributed by atoms with Gasteiger partial charge in [0, 0.05) is 5.56 Å². The second-order valence-electron chi connectivity index (χ2n) is 3.46. The van der Waals surface area contributed by atoms with Crippen molar-refractivity contribution in [1.82, 2.24) is 5.32 Å². The molecule has 0 bridgehead atoms. The van der Waals surface area contributed by atoms with Crippen molar-refractivity contribution in [1.29, 1.82) is 0 Å². The maximum absolute atomic E-state index is 5.42. The highest BCUT2D eigenvalue weighted by molar-refractivity contribution is 5.53. The van der Waals surface area contributed by atoms with Crippen LogP contribution in [0.15, 0.2) is 22.9 Å². The third-order valence-electron chi connectivity index (χ3n) is 2.21. The maximum Gasteiger partial charge on any atom is 0.133 e. The molecular weight excluding hydrogens is 150 g/mol. The van der Waals surface area contributed by atoms with E-state index >= 15 is 0 Å². The van der Waals surface area contributed by atoms with Crippen molar-refractivity contribution < 1.29 is 4.42 Å². The van der Waals surface area contributed by atoms with Crippen LogP contribution in [0.5, 0.6) is 0 Å². The molecule has 0 spiro atoms. The smallest absolute Gasteiger partial charge is 0.133 e. The summed E-state index contributed by atoms with van der Waals surface area (Å²) in [6.07, 6.45) is 5.78. The Labute approximate surface area is 72.3 Å². The highest BCUT2D eigenvalue weighted by Crippen LogP contribution is 2.29. The van der Waals surface area contributed by atoms with Gasteiger partial charge in [-0.2, -0.15) is 0 Å². The van der Waals surface area contributed by atoms with Crippen molar-refractivity contribution in [3.63, 3.8) is 0 Å². The first kappa shape index (κ1) is 7.47. The van der Waals surface area contributed by atoms with Gasteiger partial charge in [-0.3, -0.25) is 0 Å². The Morgan fingerprint density at radius 3 is 3.08 bits per heavy atom. The van der Waals surface area contributed by atoms with Gasteiger partial charge in [-0.25, -0.2) is 0 Å². The third kappa shape index (κ3) is 1.04. The van der Waals surface area contributed by atoms with Crippen LogP contribution in [0.4, 0.5) is 0 Å². The minimum absolute atomic E-state index is 0.333. The van der Waals surface area contributed by atoms with Crippen molar-refractivity contribution in [2.75, 3.05) is 0 Å². The van der Waals surface area contributed by atoms with Crippen molar-refractivity contribution in [3.8, 4) is 0 Å². The summed E-state index contributed by atoms with van der Waals surface area (Å²) in [6.45, 7) is 4.37. The lowest BCUT2D eigenvalue weighted by atomic mass is 9.97. The predicted molar refractivity (Wildman–Crippen MR) is 48.5 cm³/mol. The van der Waals surface area contributed by atoms with Gasteiger partial charge in [-0.1, -0.05) is 13.8 Å². The molecule has 0 amide bonds. The highest BCUT2D eigenvalue weighted by Gasteiger charge is 2.22. The first-order valence-electron chi connectivity index (χ1n) is 4.29. The Bertz CT molecular complexity index is 299. The van der Waals surface area contributed by atoms with Gasteiger partial charge in [0.15, 0.2) is 0 Å². The van der Waals surface area contributed by atoms with E-state index in [0.717, 1.165) is 5.76 Å². The molecule has 1 N–H and O–H groups in total. The lowest BCUT2D eigenvalue weighted by molar-refractivity contribution is 0.365. The van der Waals surface area contributed by atoms with Gasteiger partial charge in [0.25, 0.3) is 0 Å². The van der Waals surface area contributed by atoms with E-state index in [0.29, 0.717) is 12.0 Å². The Kier molecular flexibility index (Phi) is 1.68. The number of hydrogen-bond acceptors (Lipinski definition) is 2. The fourth-order valence-corrected chi connectivity index (χ4v) is 1.53. The van der Waals surface area contributed by atoms with Crippen LogP contribution in [0.3, 0.4) is 0 Å². The monoisotopic (exact) mass is 163 g/mol. The summed E-state index contributed by atoms with van der Waals surface area (Å²) >= 11 is 0. The summed E-state index contributed by atoms with van der Waals surface area (Å²) in [5, 5.41) is 3.29. The maximum atomic E-state index is 5.42. The molecule has 1 aromatic rings. The fraction of sp³-hybridized carbons (Fsp3) is 0.400. The Hall–Kier alpha value is -1.18. The SMILES string of the molecule is CC(C)C1NC=Cc2ccoc21. The van der Waals surface area contributed by atoms with E-state index < -0.39 is 0 Å². The van der Waals surface area contributed by atoms with Gasteiger partial charge in [-0.15, -0.1) is 0 Å². The summed E-state index contributed by atoms with van der Waals surface area (Å²) in [5.41, 5.74) is 1.20. The van der Waals surface area contributed by atoms with Crippen LogP contribution < -0.4 is 5.32 Å². The van der Waals surface area contributed by atoms with E-state index in [1.54, 1.807) is 6.26 Å². The summed E-state index contributed by atoms with van der Waals surface area (Å²) in [6, 6.07) is 2.34. The number of nitrogens with one attached hydrogen (secondary N) is 1. The van der Waals surface area contributed by atoms with Crippen LogP contribution in [0.1, 0.15) is 31.2 Å². The number of furan rings is 1. The first-order valence-corrected chi connectivity index (χ1v) is 4.29. The quantitative estimate of drug-likeness (QED) is 0.688. The molecule has 1 atom stereocenters. The van der Waals surface area contributed by atoms with Gasteiger partial charge in [0.1, 0.15) is 5.76 Å². The molecule has 2 heteroatoms. The zero-order chi connectivity index (χ0) is 8.55. The third-order valence-corrected chi connectivity index (χ3v) is 2.21. The Morgan fingerprint density at radius 1 is 1.50 bits per heavy atom. The summed E-state index contributed by atoms with van der Waals surface area (Å²) < 4.78 is 5.42. The molecule has 1 unspecified atom stereocenters. The molecule has 12 heavy (non-hydrogen) atoms. The van der Waals surface area contributed by atoms with Crippen LogP contribution in [0.25, 0.3) is 6.08 Å². The molecule has 0 aromatic carbocycles. The molecule has 2 heterocycles. The molecule has 2 rings (SSSR count). The van der Waals surface area contributed by atoms with Crippen molar-refractivity contribution >= 4 is 6.08 Å². The van der Waals surface area contributed by atoms with E-state index in [4.69, 9.17) is 4.42 Å². The highest BCUT2D eigenvalue weighted by atomic mass is 16.3. The Balaban J connectivity index is 2.38. The van der Waals surface area contributed by atoms with Crippen LogP contribution in [0.2, 0.25) is 0 Å². The first-order chi connectivity index (χ1) is 5.79. The minimum Gasteiger partial charge on any atom is -0.467 e. The standard InChI is InChI=1S/C10H13NO/c1-7(2)9-10-8(3-5-11-9)4-6-12-10/h3-7,9,11H,1-2H3. The second kappa shape index (κ2) is 2.70. The zero-order valence-electron chi connectivity index (χ0n) is 7.37. The van der Waals surface area contributed by atoms with Crippen LogP contribution in [0, 0.1) is 5.92 Å². The molecule has 1 aliphatic rings. The second-order valence-corrected chi connectivity index (χ2v) is 3.46. The molecular formula is C10H13NO. The van der Waals surface area contributed by atoms with E-state index in [1.165, 1.54) is 5.56 Å². The normalized spacial score (nSPS) is 20.8. The van der Waals surface area contributed by atoms with Crippen molar-refractivity contribution in [2.24, 2.45) is 5.92 Å². The molecule has 0 aliphatic carbocycles. The molecule has 1 aliphatic heterocycles. The minimum atomic E-state index is 0.333. The fourth-order valence-electron chi connectivity index (χ4n) is 1.53. The molecule has 0 radical (unpaired) electrons.